The third kappa shape index (κ3) is 1.58. The Balaban J connectivity index is 2.53. The van der Waals surface area contributed by atoms with Gasteiger partial charge in [-0.3, -0.25) is 9.48 Å². The van der Waals surface area contributed by atoms with E-state index >= 15 is 0 Å². The van der Waals surface area contributed by atoms with E-state index in [1.807, 2.05) is 0 Å². The molecular formula is C7H6BrN5O. The van der Waals surface area contributed by atoms with Crippen molar-refractivity contribution in [1.29, 1.82) is 0 Å². The molecule has 0 aliphatic rings. The van der Waals surface area contributed by atoms with Gasteiger partial charge in [-0.2, -0.15) is 0 Å². The molecule has 2 rings (SSSR count). The Hall–Kier alpha value is -1.50. The monoisotopic (exact) mass is 255 g/mol. The standard InChI is InChI=1S/C7H6BrN5O/c1-13-3-5(11-12-13)6-9-2-4(8)7(14)10-6/h2-3H,1H3,(H,9,10,14). The van der Waals surface area contributed by atoms with E-state index in [-0.39, 0.29) is 5.56 Å². The molecule has 0 atom stereocenters. The molecule has 72 valence electrons. The zero-order chi connectivity index (χ0) is 10.1. The van der Waals surface area contributed by atoms with Gasteiger partial charge in [0.25, 0.3) is 5.56 Å². The van der Waals surface area contributed by atoms with Crippen molar-refractivity contribution in [2.75, 3.05) is 0 Å². The highest BCUT2D eigenvalue weighted by Gasteiger charge is 2.05. The van der Waals surface area contributed by atoms with E-state index in [1.54, 1.807) is 13.2 Å². The second-order valence-electron chi connectivity index (χ2n) is 2.69. The highest BCUT2D eigenvalue weighted by atomic mass is 79.9. The number of rotatable bonds is 1. The summed E-state index contributed by atoms with van der Waals surface area (Å²) in [6.45, 7) is 0. The third-order valence-electron chi connectivity index (χ3n) is 1.60. The molecule has 14 heavy (non-hydrogen) atoms. The molecule has 7 heteroatoms. The van der Waals surface area contributed by atoms with Gasteiger partial charge < -0.3 is 4.98 Å². The lowest BCUT2D eigenvalue weighted by atomic mass is 10.4. The Morgan fingerprint density at radius 2 is 2.36 bits per heavy atom. The molecule has 0 amide bonds. The van der Waals surface area contributed by atoms with E-state index < -0.39 is 0 Å². The fraction of sp³-hybridized carbons (Fsp3) is 0.143. The van der Waals surface area contributed by atoms with Crippen LogP contribution in [0.3, 0.4) is 0 Å². The van der Waals surface area contributed by atoms with Gasteiger partial charge in [-0.25, -0.2) is 4.98 Å². The summed E-state index contributed by atoms with van der Waals surface area (Å²) >= 11 is 3.06. The molecule has 2 heterocycles. The number of halogens is 1. The fourth-order valence-electron chi connectivity index (χ4n) is 0.965. The van der Waals surface area contributed by atoms with E-state index in [2.05, 4.69) is 36.2 Å². The van der Waals surface area contributed by atoms with Gasteiger partial charge in [0.1, 0.15) is 10.2 Å². The number of nitrogens with one attached hydrogen (secondary N) is 1. The van der Waals surface area contributed by atoms with Gasteiger partial charge in [0, 0.05) is 13.2 Å². The van der Waals surface area contributed by atoms with E-state index in [4.69, 9.17) is 0 Å². The van der Waals surface area contributed by atoms with Crippen molar-refractivity contribution in [3.05, 3.63) is 27.2 Å². The molecule has 6 nitrogen and oxygen atoms in total. The van der Waals surface area contributed by atoms with Crippen LogP contribution in [0, 0.1) is 0 Å². The molecule has 1 N–H and O–H groups in total. The fourth-order valence-corrected chi connectivity index (χ4v) is 1.17. The second kappa shape index (κ2) is 3.33. The zero-order valence-corrected chi connectivity index (χ0v) is 8.82. The van der Waals surface area contributed by atoms with Gasteiger partial charge in [0.05, 0.1) is 6.20 Å². The summed E-state index contributed by atoms with van der Waals surface area (Å²) in [7, 11) is 1.74. The summed E-state index contributed by atoms with van der Waals surface area (Å²) < 4.78 is 1.93. The summed E-state index contributed by atoms with van der Waals surface area (Å²) in [5.41, 5.74) is 0.303. The largest absolute Gasteiger partial charge is 0.304 e. The Bertz CT molecular complexity index is 517. The highest BCUT2D eigenvalue weighted by molar-refractivity contribution is 9.10. The number of aromatic amines is 1. The maximum Gasteiger partial charge on any atom is 0.265 e. The van der Waals surface area contributed by atoms with Crippen molar-refractivity contribution in [2.24, 2.45) is 7.05 Å². The molecule has 0 bridgehead atoms. The summed E-state index contributed by atoms with van der Waals surface area (Å²) in [4.78, 5) is 17.8. The lowest BCUT2D eigenvalue weighted by molar-refractivity contribution is 0.715. The molecule has 2 aromatic heterocycles. The number of nitrogens with zero attached hydrogens (tertiary/aromatic N) is 4. The Morgan fingerprint density at radius 3 is 2.93 bits per heavy atom. The minimum atomic E-state index is -0.236. The maximum atomic E-state index is 11.2. The first kappa shape index (κ1) is 9.07. The van der Waals surface area contributed by atoms with Gasteiger partial charge in [-0.05, 0) is 15.9 Å². The van der Waals surface area contributed by atoms with Crippen molar-refractivity contribution in [1.82, 2.24) is 25.0 Å². The van der Waals surface area contributed by atoms with Crippen molar-refractivity contribution in [3.63, 3.8) is 0 Å². The second-order valence-corrected chi connectivity index (χ2v) is 3.54. The normalized spacial score (nSPS) is 10.4. The van der Waals surface area contributed by atoms with Crippen LogP contribution in [0.5, 0.6) is 0 Å². The van der Waals surface area contributed by atoms with Crippen molar-refractivity contribution in [2.45, 2.75) is 0 Å². The van der Waals surface area contributed by atoms with Crippen LogP contribution in [-0.4, -0.2) is 25.0 Å². The minimum Gasteiger partial charge on any atom is -0.304 e. The van der Waals surface area contributed by atoms with Crippen LogP contribution in [0.2, 0.25) is 0 Å². The van der Waals surface area contributed by atoms with E-state index in [9.17, 15) is 4.79 Å². The van der Waals surface area contributed by atoms with Crippen LogP contribution in [0.25, 0.3) is 11.5 Å². The van der Waals surface area contributed by atoms with Crippen LogP contribution >= 0.6 is 15.9 Å². The molecule has 0 aromatic carbocycles. The molecule has 0 aliphatic carbocycles. The van der Waals surface area contributed by atoms with Crippen LogP contribution in [-0.2, 0) is 7.05 Å². The van der Waals surface area contributed by atoms with Gasteiger partial charge >= 0.3 is 0 Å². The Morgan fingerprint density at radius 1 is 1.57 bits per heavy atom. The first-order valence-corrected chi connectivity index (χ1v) is 4.57. The first-order valence-electron chi connectivity index (χ1n) is 3.78. The van der Waals surface area contributed by atoms with Crippen molar-refractivity contribution >= 4 is 15.9 Å². The third-order valence-corrected chi connectivity index (χ3v) is 2.17. The molecule has 0 saturated heterocycles. The van der Waals surface area contributed by atoms with Crippen molar-refractivity contribution in [3.8, 4) is 11.5 Å². The topological polar surface area (TPSA) is 76.5 Å². The molecular weight excluding hydrogens is 250 g/mol. The maximum absolute atomic E-state index is 11.2. The number of aromatic nitrogens is 5. The predicted molar refractivity (Wildman–Crippen MR) is 52.6 cm³/mol. The van der Waals surface area contributed by atoms with Gasteiger partial charge in [-0.1, -0.05) is 5.21 Å². The van der Waals surface area contributed by atoms with Crippen LogP contribution in [0.4, 0.5) is 0 Å². The highest BCUT2D eigenvalue weighted by Crippen LogP contribution is 2.08. The average molecular weight is 256 g/mol. The minimum absolute atomic E-state index is 0.236. The SMILES string of the molecule is Cn1cc(-c2ncc(Br)c(=O)[nH]2)nn1. The molecule has 2 aromatic rings. The smallest absolute Gasteiger partial charge is 0.265 e. The lowest BCUT2D eigenvalue weighted by Gasteiger charge is -1.93. The summed E-state index contributed by atoms with van der Waals surface area (Å²) in [5, 5.41) is 7.56. The number of H-pyrrole nitrogens is 1. The Labute approximate surface area is 87.1 Å². The van der Waals surface area contributed by atoms with E-state index in [0.717, 1.165) is 0 Å². The quantitative estimate of drug-likeness (QED) is 0.797. The molecule has 0 aliphatic heterocycles. The molecule has 0 unspecified atom stereocenters. The number of aryl methyl sites for hydroxylation is 1. The van der Waals surface area contributed by atoms with E-state index in [0.29, 0.717) is 16.0 Å². The van der Waals surface area contributed by atoms with Crippen molar-refractivity contribution < 1.29 is 0 Å². The first-order chi connectivity index (χ1) is 6.66. The average Bonchev–Trinajstić information content (AvgIpc) is 2.57. The van der Waals surface area contributed by atoms with E-state index in [1.165, 1.54) is 10.9 Å². The van der Waals surface area contributed by atoms with Crippen LogP contribution in [0.1, 0.15) is 0 Å². The van der Waals surface area contributed by atoms with Crippen LogP contribution < -0.4 is 5.56 Å². The lowest BCUT2D eigenvalue weighted by Crippen LogP contribution is -2.08. The summed E-state index contributed by atoms with van der Waals surface area (Å²) in [5.74, 6) is 0.409. The summed E-state index contributed by atoms with van der Waals surface area (Å²) in [6.07, 6.45) is 3.11. The summed E-state index contributed by atoms with van der Waals surface area (Å²) in [6, 6.07) is 0. The zero-order valence-electron chi connectivity index (χ0n) is 7.23. The molecule has 0 fully saturated rings. The Kier molecular flexibility index (Phi) is 2.16. The molecule has 0 spiro atoms. The predicted octanol–water partition coefficient (Wildman–Crippen LogP) is 0.328. The van der Waals surface area contributed by atoms with Gasteiger partial charge in [0.15, 0.2) is 5.82 Å². The number of hydrogen-bond acceptors (Lipinski definition) is 4. The van der Waals surface area contributed by atoms with Crippen LogP contribution in [0.15, 0.2) is 21.7 Å². The molecule has 0 saturated carbocycles. The molecule has 0 radical (unpaired) electrons. The number of hydrogen-bond donors (Lipinski definition) is 1. The van der Waals surface area contributed by atoms with Gasteiger partial charge in [0.2, 0.25) is 0 Å². The van der Waals surface area contributed by atoms with Gasteiger partial charge in [-0.15, -0.1) is 5.10 Å².